The molecular formula is C26H24ClN3O7. The Morgan fingerprint density at radius 2 is 1.84 bits per heavy atom. The Kier molecular flexibility index (Phi) is 8.09. The van der Waals surface area contributed by atoms with Gasteiger partial charge in [0, 0.05) is 17.0 Å². The summed E-state index contributed by atoms with van der Waals surface area (Å²) in [6.07, 6.45) is 1.93. The van der Waals surface area contributed by atoms with Crippen molar-refractivity contribution in [2.45, 2.75) is 12.5 Å². The maximum atomic E-state index is 12.9. The number of hydrogen-bond donors (Lipinski definition) is 1. The number of carbonyl (C=O) groups excluding carboxylic acids is 3. The number of esters is 1. The minimum Gasteiger partial charge on any atom is -0.493 e. The summed E-state index contributed by atoms with van der Waals surface area (Å²) in [5, 5.41) is 8.75. The van der Waals surface area contributed by atoms with E-state index in [0.717, 1.165) is 5.56 Å². The van der Waals surface area contributed by atoms with Gasteiger partial charge in [0.1, 0.15) is 18.3 Å². The van der Waals surface area contributed by atoms with Gasteiger partial charge in [-0.15, -0.1) is 0 Å². The molecule has 192 valence electrons. The lowest BCUT2D eigenvalue weighted by Crippen LogP contribution is -2.34. The summed E-state index contributed by atoms with van der Waals surface area (Å²) in [4.78, 5) is 37.6. The van der Waals surface area contributed by atoms with E-state index in [1.54, 1.807) is 30.3 Å². The third-order valence-electron chi connectivity index (χ3n) is 5.61. The summed E-state index contributed by atoms with van der Waals surface area (Å²) in [7, 11) is 2.94. The van der Waals surface area contributed by atoms with E-state index in [1.807, 2.05) is 12.1 Å². The molecule has 2 heterocycles. The quantitative estimate of drug-likeness (QED) is 0.424. The summed E-state index contributed by atoms with van der Waals surface area (Å²) >= 11 is 5.98. The molecule has 4 rings (SSSR count). The second kappa shape index (κ2) is 11.6. The Morgan fingerprint density at radius 1 is 1.08 bits per heavy atom. The predicted octanol–water partition coefficient (Wildman–Crippen LogP) is 3.60. The second-order valence-electron chi connectivity index (χ2n) is 7.94. The number of benzene rings is 2. The van der Waals surface area contributed by atoms with Crippen LogP contribution in [0.5, 0.6) is 11.5 Å². The topological polar surface area (TPSA) is 120 Å². The van der Waals surface area contributed by atoms with E-state index in [2.05, 4.69) is 10.4 Å². The first-order valence-electron chi connectivity index (χ1n) is 11.2. The summed E-state index contributed by atoms with van der Waals surface area (Å²) < 4.78 is 20.9. The summed E-state index contributed by atoms with van der Waals surface area (Å²) in [5.74, 6) is -0.441. The van der Waals surface area contributed by atoms with E-state index < -0.39 is 37.0 Å². The van der Waals surface area contributed by atoms with Crippen molar-refractivity contribution in [2.24, 2.45) is 5.10 Å². The van der Waals surface area contributed by atoms with Gasteiger partial charge in [-0.3, -0.25) is 14.4 Å². The van der Waals surface area contributed by atoms with Crippen molar-refractivity contribution >= 4 is 35.1 Å². The van der Waals surface area contributed by atoms with Gasteiger partial charge in [0.05, 0.1) is 26.2 Å². The summed E-state index contributed by atoms with van der Waals surface area (Å²) in [6.45, 7) is -0.985. The van der Waals surface area contributed by atoms with Crippen LogP contribution in [-0.2, 0) is 14.3 Å². The van der Waals surface area contributed by atoms with Crippen LogP contribution in [0.4, 0.5) is 0 Å². The zero-order chi connectivity index (χ0) is 26.4. The van der Waals surface area contributed by atoms with Crippen LogP contribution in [0.1, 0.15) is 34.1 Å². The van der Waals surface area contributed by atoms with Crippen molar-refractivity contribution in [1.82, 2.24) is 10.3 Å². The highest BCUT2D eigenvalue weighted by atomic mass is 35.5. The number of nitrogens with zero attached hydrogens (tertiary/aromatic N) is 2. The van der Waals surface area contributed by atoms with Gasteiger partial charge in [-0.05, 0) is 48.0 Å². The number of hydrogen-bond acceptors (Lipinski definition) is 8. The fourth-order valence-electron chi connectivity index (χ4n) is 3.75. The van der Waals surface area contributed by atoms with E-state index >= 15 is 0 Å². The number of furan rings is 1. The number of ether oxygens (including phenoxy) is 3. The summed E-state index contributed by atoms with van der Waals surface area (Å²) in [6, 6.07) is 14.7. The van der Waals surface area contributed by atoms with Crippen molar-refractivity contribution in [2.75, 3.05) is 27.4 Å². The lowest BCUT2D eigenvalue weighted by atomic mass is 10.0. The van der Waals surface area contributed by atoms with Gasteiger partial charge >= 0.3 is 5.97 Å². The molecule has 1 N–H and O–H groups in total. The summed E-state index contributed by atoms with van der Waals surface area (Å²) in [5.41, 5.74) is 1.75. The van der Waals surface area contributed by atoms with Crippen molar-refractivity contribution < 1.29 is 33.0 Å². The molecule has 0 saturated heterocycles. The fourth-order valence-corrected chi connectivity index (χ4v) is 3.88. The lowest BCUT2D eigenvalue weighted by Gasteiger charge is -2.19. The van der Waals surface area contributed by atoms with E-state index in [9.17, 15) is 14.4 Å². The lowest BCUT2D eigenvalue weighted by molar-refractivity contribution is -0.152. The fraction of sp³-hybridized carbons (Fsp3) is 0.231. The van der Waals surface area contributed by atoms with Crippen LogP contribution >= 0.6 is 11.6 Å². The van der Waals surface area contributed by atoms with Crippen molar-refractivity contribution in [1.29, 1.82) is 0 Å². The molecule has 37 heavy (non-hydrogen) atoms. The molecule has 3 aromatic rings. The normalized spacial score (nSPS) is 14.6. The molecule has 1 aliphatic heterocycles. The SMILES string of the molecule is COc1ccc(C(=O)NCC(=O)OCC(=O)N2N=C(c3ccc(Cl)cc3)C[C@H]2c2ccco2)cc1OC. The first kappa shape index (κ1) is 25.8. The Bertz CT molecular complexity index is 1310. The predicted molar refractivity (Wildman–Crippen MR) is 134 cm³/mol. The zero-order valence-electron chi connectivity index (χ0n) is 20.1. The Hall–Kier alpha value is -4.31. The third kappa shape index (κ3) is 6.10. The molecule has 1 aliphatic rings. The minimum absolute atomic E-state index is 0.268. The molecule has 0 unspecified atom stereocenters. The van der Waals surface area contributed by atoms with Crippen LogP contribution in [0.15, 0.2) is 70.4 Å². The van der Waals surface area contributed by atoms with E-state index in [4.69, 9.17) is 30.2 Å². The van der Waals surface area contributed by atoms with Gasteiger partial charge in [-0.2, -0.15) is 5.10 Å². The molecule has 10 nitrogen and oxygen atoms in total. The third-order valence-corrected chi connectivity index (χ3v) is 5.86. The van der Waals surface area contributed by atoms with Crippen molar-refractivity contribution in [3.63, 3.8) is 0 Å². The maximum Gasteiger partial charge on any atom is 0.325 e. The molecule has 0 radical (unpaired) electrons. The van der Waals surface area contributed by atoms with E-state index in [0.29, 0.717) is 34.4 Å². The molecule has 2 amide bonds. The molecule has 0 fully saturated rings. The molecule has 0 aliphatic carbocycles. The average molecular weight is 526 g/mol. The number of methoxy groups -OCH3 is 2. The molecule has 1 aromatic heterocycles. The Morgan fingerprint density at radius 3 is 2.51 bits per heavy atom. The number of carbonyl (C=O) groups is 3. The minimum atomic E-state index is -0.780. The standard InChI is InChI=1S/C26H24ClN3O7/c1-34-22-10-7-17(12-23(22)35-2)26(33)28-14-25(32)37-15-24(31)30-20(21-4-3-11-36-21)13-19(29-30)16-5-8-18(27)9-6-16/h3-12,20H,13-15H2,1-2H3,(H,28,33)/t20-/m0/s1. The van der Waals surface area contributed by atoms with Gasteiger partial charge in [0.2, 0.25) is 0 Å². The number of nitrogens with one attached hydrogen (secondary N) is 1. The number of rotatable bonds is 9. The van der Waals surface area contributed by atoms with Gasteiger partial charge in [0.15, 0.2) is 18.1 Å². The van der Waals surface area contributed by atoms with E-state index in [1.165, 1.54) is 37.6 Å². The highest BCUT2D eigenvalue weighted by molar-refractivity contribution is 6.30. The van der Waals surface area contributed by atoms with Gasteiger partial charge in [-0.1, -0.05) is 23.7 Å². The average Bonchev–Trinajstić information content (AvgIpc) is 3.61. The Balaban J connectivity index is 1.35. The molecule has 0 spiro atoms. The van der Waals surface area contributed by atoms with Crippen LogP contribution in [0.3, 0.4) is 0 Å². The zero-order valence-corrected chi connectivity index (χ0v) is 20.9. The number of halogens is 1. The maximum absolute atomic E-state index is 12.9. The Labute approximate surface area is 217 Å². The highest BCUT2D eigenvalue weighted by Crippen LogP contribution is 2.33. The monoisotopic (exact) mass is 525 g/mol. The van der Waals surface area contributed by atoms with Crippen LogP contribution in [0.25, 0.3) is 0 Å². The van der Waals surface area contributed by atoms with Crippen LogP contribution < -0.4 is 14.8 Å². The van der Waals surface area contributed by atoms with E-state index in [-0.39, 0.29) is 5.56 Å². The number of amides is 2. The molecule has 2 aromatic carbocycles. The first-order chi connectivity index (χ1) is 17.9. The van der Waals surface area contributed by atoms with Crippen LogP contribution in [0.2, 0.25) is 5.02 Å². The molecule has 11 heteroatoms. The molecule has 0 saturated carbocycles. The first-order valence-corrected chi connectivity index (χ1v) is 11.6. The molecular weight excluding hydrogens is 502 g/mol. The highest BCUT2D eigenvalue weighted by Gasteiger charge is 2.35. The van der Waals surface area contributed by atoms with Crippen LogP contribution in [-0.4, -0.2) is 55.9 Å². The van der Waals surface area contributed by atoms with Gasteiger partial charge < -0.3 is 23.9 Å². The van der Waals surface area contributed by atoms with Gasteiger partial charge in [-0.25, -0.2) is 5.01 Å². The molecule has 1 atom stereocenters. The van der Waals surface area contributed by atoms with Gasteiger partial charge in [0.25, 0.3) is 11.8 Å². The van der Waals surface area contributed by atoms with Crippen molar-refractivity contribution in [3.05, 3.63) is 82.8 Å². The van der Waals surface area contributed by atoms with Crippen molar-refractivity contribution in [3.8, 4) is 11.5 Å². The second-order valence-corrected chi connectivity index (χ2v) is 8.38. The number of hydrazone groups is 1. The van der Waals surface area contributed by atoms with Crippen LogP contribution in [0, 0.1) is 0 Å². The molecule has 0 bridgehead atoms. The smallest absolute Gasteiger partial charge is 0.325 e. The largest absolute Gasteiger partial charge is 0.493 e.